The number of hydrogen-bond acceptors (Lipinski definition) is 3. The fourth-order valence-corrected chi connectivity index (χ4v) is 2.71. The molecular formula is C15H25Cl2FN2O. The average molecular weight is 339 g/mol. The quantitative estimate of drug-likeness (QED) is 0.890. The van der Waals surface area contributed by atoms with Crippen molar-refractivity contribution in [3.63, 3.8) is 0 Å². The summed E-state index contributed by atoms with van der Waals surface area (Å²) < 4.78 is 18.6. The molecule has 1 saturated heterocycles. The molecule has 0 saturated carbocycles. The van der Waals surface area contributed by atoms with E-state index in [0.717, 1.165) is 44.6 Å². The van der Waals surface area contributed by atoms with Gasteiger partial charge in [0, 0.05) is 32.2 Å². The van der Waals surface area contributed by atoms with Crippen molar-refractivity contribution in [2.75, 3.05) is 33.3 Å². The van der Waals surface area contributed by atoms with E-state index in [9.17, 15) is 4.39 Å². The molecule has 1 N–H and O–H groups in total. The summed E-state index contributed by atoms with van der Waals surface area (Å²) in [5.74, 6) is 0.0514. The number of hydrogen-bond donors (Lipinski definition) is 1. The summed E-state index contributed by atoms with van der Waals surface area (Å²) in [6.45, 7) is 6.34. The molecule has 1 atom stereocenters. The second-order valence-corrected chi connectivity index (χ2v) is 4.98. The van der Waals surface area contributed by atoms with Crippen LogP contribution in [-0.4, -0.2) is 38.2 Å². The van der Waals surface area contributed by atoms with Crippen LogP contribution in [-0.2, 0) is 0 Å². The molecule has 0 aromatic heterocycles. The maximum absolute atomic E-state index is 13.5. The molecule has 122 valence electrons. The number of rotatable bonds is 5. The van der Waals surface area contributed by atoms with E-state index < -0.39 is 0 Å². The molecule has 6 heteroatoms. The Morgan fingerprint density at radius 3 is 2.52 bits per heavy atom. The molecule has 1 aliphatic heterocycles. The summed E-state index contributed by atoms with van der Waals surface area (Å²) in [6.07, 6.45) is 2.21. The van der Waals surface area contributed by atoms with E-state index in [0.29, 0.717) is 11.8 Å². The molecule has 1 aliphatic rings. The lowest BCUT2D eigenvalue weighted by Crippen LogP contribution is -2.45. The Morgan fingerprint density at radius 2 is 1.95 bits per heavy atom. The van der Waals surface area contributed by atoms with E-state index in [2.05, 4.69) is 17.1 Å². The van der Waals surface area contributed by atoms with Crippen LogP contribution < -0.4 is 10.1 Å². The molecule has 0 spiro atoms. The summed E-state index contributed by atoms with van der Waals surface area (Å²) >= 11 is 0. The molecule has 3 nitrogen and oxygen atoms in total. The van der Waals surface area contributed by atoms with Crippen LogP contribution in [0.3, 0.4) is 0 Å². The highest BCUT2D eigenvalue weighted by atomic mass is 35.5. The molecule has 0 unspecified atom stereocenters. The van der Waals surface area contributed by atoms with Gasteiger partial charge in [-0.1, -0.05) is 19.4 Å². The average Bonchev–Trinajstić information content (AvgIpc) is 2.46. The largest absolute Gasteiger partial charge is 0.494 e. The normalized spacial score (nSPS) is 16.5. The lowest BCUT2D eigenvalue weighted by molar-refractivity contribution is 0.164. The minimum atomic E-state index is -0.290. The van der Waals surface area contributed by atoms with Crippen molar-refractivity contribution in [3.8, 4) is 5.75 Å². The molecule has 1 fully saturated rings. The second-order valence-electron chi connectivity index (χ2n) is 4.98. The summed E-state index contributed by atoms with van der Waals surface area (Å²) in [6, 6.07) is 5.61. The van der Waals surface area contributed by atoms with Gasteiger partial charge in [0.15, 0.2) is 11.6 Å². The van der Waals surface area contributed by atoms with E-state index >= 15 is 0 Å². The van der Waals surface area contributed by atoms with Crippen molar-refractivity contribution >= 4 is 24.8 Å². The van der Waals surface area contributed by atoms with Crippen molar-refractivity contribution in [2.24, 2.45) is 0 Å². The summed E-state index contributed by atoms with van der Waals surface area (Å²) in [5.41, 5.74) is 1.15. The standard InChI is InChI=1S/C15H23FN2O.2ClH/c1-3-4-14(18-9-7-17-8-10-18)12-5-6-13(16)15(11-12)19-2;;/h5-6,11,14,17H,3-4,7-10H2,1-2H3;2*1H/t14-;;/m0../s1. The molecule has 0 amide bonds. The molecule has 0 bridgehead atoms. The minimum Gasteiger partial charge on any atom is -0.494 e. The molecule has 2 rings (SSSR count). The number of piperazine rings is 1. The monoisotopic (exact) mass is 338 g/mol. The molecule has 21 heavy (non-hydrogen) atoms. The summed E-state index contributed by atoms with van der Waals surface area (Å²) in [4.78, 5) is 2.48. The molecule has 1 aromatic rings. The van der Waals surface area contributed by atoms with E-state index in [4.69, 9.17) is 4.74 Å². The number of benzene rings is 1. The zero-order chi connectivity index (χ0) is 13.7. The van der Waals surface area contributed by atoms with Gasteiger partial charge in [-0.05, 0) is 24.1 Å². The fourth-order valence-electron chi connectivity index (χ4n) is 2.71. The highest BCUT2D eigenvalue weighted by Crippen LogP contribution is 2.29. The maximum atomic E-state index is 13.5. The lowest BCUT2D eigenvalue weighted by Gasteiger charge is -2.35. The van der Waals surface area contributed by atoms with Crippen LogP contribution in [0.1, 0.15) is 31.4 Å². The number of halogens is 3. The highest BCUT2D eigenvalue weighted by Gasteiger charge is 2.22. The maximum Gasteiger partial charge on any atom is 0.165 e. The number of ether oxygens (including phenoxy) is 1. The molecule has 0 radical (unpaired) electrons. The van der Waals surface area contributed by atoms with Crippen LogP contribution in [0.2, 0.25) is 0 Å². The molecular weight excluding hydrogens is 314 g/mol. The third-order valence-corrected chi connectivity index (χ3v) is 3.71. The van der Waals surface area contributed by atoms with Gasteiger partial charge in [0.1, 0.15) is 0 Å². The predicted octanol–water partition coefficient (Wildman–Crippen LogP) is 3.42. The first kappa shape index (κ1) is 20.5. The van der Waals surface area contributed by atoms with Gasteiger partial charge in [-0.3, -0.25) is 4.90 Å². The SMILES string of the molecule is CCC[C@@H](c1ccc(F)c(OC)c1)N1CCNCC1.Cl.Cl. The third kappa shape index (κ3) is 5.29. The van der Waals surface area contributed by atoms with Gasteiger partial charge in [0.25, 0.3) is 0 Å². The van der Waals surface area contributed by atoms with E-state index in [1.807, 2.05) is 12.1 Å². The van der Waals surface area contributed by atoms with Crippen LogP contribution in [0, 0.1) is 5.82 Å². The van der Waals surface area contributed by atoms with Crippen LogP contribution in [0.4, 0.5) is 4.39 Å². The lowest BCUT2D eigenvalue weighted by atomic mass is 9.99. The minimum absolute atomic E-state index is 0. The van der Waals surface area contributed by atoms with Crippen molar-refractivity contribution in [1.29, 1.82) is 0 Å². The van der Waals surface area contributed by atoms with E-state index in [-0.39, 0.29) is 30.6 Å². The van der Waals surface area contributed by atoms with Gasteiger partial charge in [0.05, 0.1) is 7.11 Å². The van der Waals surface area contributed by atoms with Crippen molar-refractivity contribution in [2.45, 2.75) is 25.8 Å². The van der Waals surface area contributed by atoms with Crippen molar-refractivity contribution in [3.05, 3.63) is 29.6 Å². The topological polar surface area (TPSA) is 24.5 Å². The molecule has 0 aliphatic carbocycles. The van der Waals surface area contributed by atoms with Gasteiger partial charge in [-0.25, -0.2) is 4.39 Å². The first-order chi connectivity index (χ1) is 9.26. The van der Waals surface area contributed by atoms with E-state index in [1.165, 1.54) is 13.2 Å². The first-order valence-corrected chi connectivity index (χ1v) is 7.04. The summed E-state index contributed by atoms with van der Waals surface area (Å²) in [5, 5.41) is 3.37. The summed E-state index contributed by atoms with van der Waals surface area (Å²) in [7, 11) is 1.52. The Hall–Kier alpha value is -0.550. The third-order valence-electron chi connectivity index (χ3n) is 3.71. The van der Waals surface area contributed by atoms with Crippen LogP contribution in [0.15, 0.2) is 18.2 Å². The van der Waals surface area contributed by atoms with Crippen molar-refractivity contribution < 1.29 is 9.13 Å². The second kappa shape index (κ2) is 10.2. The van der Waals surface area contributed by atoms with Gasteiger partial charge in [-0.15, -0.1) is 24.8 Å². The fraction of sp³-hybridized carbons (Fsp3) is 0.600. The number of nitrogens with one attached hydrogen (secondary N) is 1. The Bertz CT molecular complexity index is 415. The zero-order valence-corrected chi connectivity index (χ0v) is 14.2. The van der Waals surface area contributed by atoms with Crippen LogP contribution in [0.5, 0.6) is 5.75 Å². The number of methoxy groups -OCH3 is 1. The van der Waals surface area contributed by atoms with Gasteiger partial charge < -0.3 is 10.1 Å². The Labute approximate surface area is 139 Å². The van der Waals surface area contributed by atoms with Crippen LogP contribution >= 0.6 is 24.8 Å². The van der Waals surface area contributed by atoms with Gasteiger partial charge in [-0.2, -0.15) is 0 Å². The van der Waals surface area contributed by atoms with Crippen molar-refractivity contribution in [1.82, 2.24) is 10.2 Å². The predicted molar refractivity (Wildman–Crippen MR) is 89.5 cm³/mol. The highest BCUT2D eigenvalue weighted by molar-refractivity contribution is 5.85. The molecule has 1 aromatic carbocycles. The van der Waals surface area contributed by atoms with Crippen LogP contribution in [0.25, 0.3) is 0 Å². The Kier molecular flexibility index (Phi) is 9.95. The molecule has 1 heterocycles. The van der Waals surface area contributed by atoms with E-state index in [1.54, 1.807) is 0 Å². The van der Waals surface area contributed by atoms with Gasteiger partial charge >= 0.3 is 0 Å². The number of nitrogens with zero attached hydrogens (tertiary/aromatic N) is 1. The zero-order valence-electron chi connectivity index (χ0n) is 12.6. The van der Waals surface area contributed by atoms with Gasteiger partial charge in [0.2, 0.25) is 0 Å². The Morgan fingerprint density at radius 1 is 1.29 bits per heavy atom. The first-order valence-electron chi connectivity index (χ1n) is 7.04. The Balaban J connectivity index is 0.00000200. The smallest absolute Gasteiger partial charge is 0.165 e.